The summed E-state index contributed by atoms with van der Waals surface area (Å²) in [4.78, 5) is 11.7. The van der Waals surface area contributed by atoms with Crippen molar-refractivity contribution >= 4 is 5.91 Å². The topological polar surface area (TPSA) is 55.1 Å². The zero-order valence-electron chi connectivity index (χ0n) is 11.5. The molecule has 0 saturated carbocycles. The smallest absolute Gasteiger partial charge is 0.277 e. The number of nitrogens with two attached hydrogens (primary N) is 1. The van der Waals surface area contributed by atoms with E-state index in [0.717, 1.165) is 5.56 Å². The zero-order chi connectivity index (χ0) is 14.7. The van der Waals surface area contributed by atoms with E-state index < -0.39 is 24.9 Å². The van der Waals surface area contributed by atoms with Crippen LogP contribution in [-0.4, -0.2) is 24.9 Å². The lowest BCUT2D eigenvalue weighted by Crippen LogP contribution is -2.41. The average Bonchev–Trinajstić information content (AvgIpc) is 2.35. The molecule has 1 aromatic carbocycles. The highest BCUT2D eigenvalue weighted by Gasteiger charge is 2.27. The maximum absolute atomic E-state index is 12.9. The van der Waals surface area contributed by atoms with E-state index in [-0.39, 0.29) is 5.41 Å². The number of benzene rings is 1. The highest BCUT2D eigenvalue weighted by molar-refractivity contribution is 5.94. The molecule has 0 aromatic heterocycles. The molecule has 0 unspecified atom stereocenters. The minimum absolute atomic E-state index is 0.0123. The van der Waals surface area contributed by atoms with Gasteiger partial charge in [-0.1, -0.05) is 32.9 Å². The molecule has 0 fully saturated rings. The lowest BCUT2D eigenvalue weighted by atomic mass is 9.87. The first kappa shape index (κ1) is 15.6. The summed E-state index contributed by atoms with van der Waals surface area (Å²) < 4.78 is 25.8. The van der Waals surface area contributed by atoms with E-state index >= 15 is 0 Å². The minimum atomic E-state index is -3.07. The van der Waals surface area contributed by atoms with Gasteiger partial charge in [0, 0.05) is 5.56 Å². The van der Waals surface area contributed by atoms with Crippen molar-refractivity contribution in [1.82, 2.24) is 5.32 Å². The summed E-state index contributed by atoms with van der Waals surface area (Å²) >= 11 is 0. The second-order valence-corrected chi connectivity index (χ2v) is 5.57. The Morgan fingerprint density at radius 2 is 1.74 bits per heavy atom. The first-order chi connectivity index (χ1) is 8.65. The third-order valence-corrected chi connectivity index (χ3v) is 2.82. The number of halogens is 2. The Bertz CT molecular complexity index is 436. The number of rotatable bonds is 4. The van der Waals surface area contributed by atoms with Gasteiger partial charge in [0.1, 0.15) is 0 Å². The first-order valence-electron chi connectivity index (χ1n) is 6.12. The molecule has 3 nitrogen and oxygen atoms in total. The van der Waals surface area contributed by atoms with Crippen LogP contribution in [0.1, 0.15) is 36.7 Å². The van der Waals surface area contributed by atoms with Crippen molar-refractivity contribution in [3.8, 4) is 0 Å². The Morgan fingerprint density at radius 3 is 2.16 bits per heavy atom. The summed E-state index contributed by atoms with van der Waals surface area (Å²) in [5.41, 5.74) is 6.33. The average molecular weight is 270 g/mol. The van der Waals surface area contributed by atoms with Gasteiger partial charge in [-0.05, 0) is 23.1 Å². The first-order valence-corrected chi connectivity index (χ1v) is 6.12. The second-order valence-electron chi connectivity index (χ2n) is 5.57. The minimum Gasteiger partial charge on any atom is -0.346 e. The van der Waals surface area contributed by atoms with Gasteiger partial charge < -0.3 is 11.1 Å². The lowest BCUT2D eigenvalue weighted by Gasteiger charge is -2.19. The number of alkyl halides is 2. The summed E-state index contributed by atoms with van der Waals surface area (Å²) in [6, 6.07) is 6.93. The van der Waals surface area contributed by atoms with Gasteiger partial charge in [-0.2, -0.15) is 0 Å². The van der Waals surface area contributed by atoms with Crippen molar-refractivity contribution in [1.29, 1.82) is 0 Å². The zero-order valence-corrected chi connectivity index (χ0v) is 11.5. The molecule has 0 heterocycles. The molecule has 0 bridgehead atoms. The maximum Gasteiger partial charge on any atom is 0.277 e. The largest absolute Gasteiger partial charge is 0.346 e. The van der Waals surface area contributed by atoms with Crippen LogP contribution in [-0.2, 0) is 5.41 Å². The van der Waals surface area contributed by atoms with Gasteiger partial charge in [-0.15, -0.1) is 0 Å². The van der Waals surface area contributed by atoms with Crippen LogP contribution in [0.5, 0.6) is 0 Å². The molecule has 3 N–H and O–H groups in total. The van der Waals surface area contributed by atoms with E-state index in [1.165, 1.54) is 0 Å². The standard InChI is InChI=1S/C14H20F2N2O/c1-13(2,3)11-6-4-10(5-7-11)12(19)18-9-14(15,16)8-17/h4-7H,8-9,17H2,1-3H3,(H,18,19). The number of amides is 1. The Balaban J connectivity index is 2.69. The van der Waals surface area contributed by atoms with Gasteiger partial charge in [-0.25, -0.2) is 8.78 Å². The Labute approximate surface area is 112 Å². The SMILES string of the molecule is CC(C)(C)c1ccc(C(=O)NCC(F)(F)CN)cc1. The van der Waals surface area contributed by atoms with Crippen molar-refractivity contribution < 1.29 is 13.6 Å². The van der Waals surface area contributed by atoms with E-state index in [1.807, 2.05) is 12.1 Å². The van der Waals surface area contributed by atoms with Gasteiger partial charge in [0.25, 0.3) is 11.8 Å². The van der Waals surface area contributed by atoms with Crippen LogP contribution in [0.3, 0.4) is 0 Å². The van der Waals surface area contributed by atoms with E-state index in [9.17, 15) is 13.6 Å². The molecular formula is C14H20F2N2O. The number of carbonyl (C=O) groups is 1. The van der Waals surface area contributed by atoms with Crippen LogP contribution in [0.25, 0.3) is 0 Å². The van der Waals surface area contributed by atoms with E-state index in [2.05, 4.69) is 26.1 Å². The lowest BCUT2D eigenvalue weighted by molar-refractivity contribution is 0.0118. The fourth-order valence-electron chi connectivity index (χ4n) is 1.51. The molecule has 0 aliphatic heterocycles. The fourth-order valence-corrected chi connectivity index (χ4v) is 1.51. The summed E-state index contributed by atoms with van der Waals surface area (Å²) in [6.07, 6.45) is 0. The van der Waals surface area contributed by atoms with E-state index in [0.29, 0.717) is 5.56 Å². The van der Waals surface area contributed by atoms with Gasteiger partial charge in [0.15, 0.2) is 0 Å². The van der Waals surface area contributed by atoms with Crippen molar-refractivity contribution in [2.24, 2.45) is 5.73 Å². The highest BCUT2D eigenvalue weighted by Crippen LogP contribution is 2.22. The van der Waals surface area contributed by atoms with Gasteiger partial charge in [-0.3, -0.25) is 4.79 Å². The van der Waals surface area contributed by atoms with Crippen LogP contribution in [0.2, 0.25) is 0 Å². The third-order valence-electron chi connectivity index (χ3n) is 2.82. The van der Waals surface area contributed by atoms with Gasteiger partial charge in [0.2, 0.25) is 0 Å². The number of carbonyl (C=O) groups excluding carboxylic acids is 1. The molecule has 0 saturated heterocycles. The van der Waals surface area contributed by atoms with Crippen molar-refractivity contribution in [3.05, 3.63) is 35.4 Å². The summed E-state index contributed by atoms with van der Waals surface area (Å²) in [5.74, 6) is -3.59. The van der Waals surface area contributed by atoms with Crippen LogP contribution in [0, 0.1) is 0 Å². The molecule has 106 valence electrons. The Kier molecular flexibility index (Phi) is 4.63. The number of nitrogens with one attached hydrogen (secondary N) is 1. The van der Waals surface area contributed by atoms with Gasteiger partial charge >= 0.3 is 0 Å². The van der Waals surface area contributed by atoms with Crippen LogP contribution < -0.4 is 11.1 Å². The third kappa shape index (κ3) is 4.59. The van der Waals surface area contributed by atoms with Gasteiger partial charge in [0.05, 0.1) is 13.1 Å². The Morgan fingerprint density at radius 1 is 1.21 bits per heavy atom. The van der Waals surface area contributed by atoms with Crippen LogP contribution in [0.4, 0.5) is 8.78 Å². The molecule has 0 aliphatic rings. The Hall–Kier alpha value is -1.49. The summed E-state index contributed by atoms with van der Waals surface area (Å²) in [6.45, 7) is 4.65. The molecule has 1 amide bonds. The van der Waals surface area contributed by atoms with Crippen molar-refractivity contribution in [3.63, 3.8) is 0 Å². The number of hydrogen-bond acceptors (Lipinski definition) is 2. The molecule has 0 radical (unpaired) electrons. The maximum atomic E-state index is 12.9. The normalized spacial score (nSPS) is 12.3. The van der Waals surface area contributed by atoms with Crippen LogP contribution >= 0.6 is 0 Å². The summed E-state index contributed by atoms with van der Waals surface area (Å²) in [5, 5.41) is 2.18. The quantitative estimate of drug-likeness (QED) is 0.882. The molecule has 5 heteroatoms. The molecular weight excluding hydrogens is 250 g/mol. The highest BCUT2D eigenvalue weighted by atomic mass is 19.3. The molecule has 1 rings (SSSR count). The predicted octanol–water partition coefficient (Wildman–Crippen LogP) is 2.31. The molecule has 0 atom stereocenters. The number of hydrogen-bond donors (Lipinski definition) is 2. The fraction of sp³-hybridized carbons (Fsp3) is 0.500. The van der Waals surface area contributed by atoms with Crippen molar-refractivity contribution in [2.45, 2.75) is 32.1 Å². The summed E-state index contributed by atoms with van der Waals surface area (Å²) in [7, 11) is 0. The van der Waals surface area contributed by atoms with E-state index in [4.69, 9.17) is 5.73 Å². The molecule has 1 aromatic rings. The van der Waals surface area contributed by atoms with Crippen molar-refractivity contribution in [2.75, 3.05) is 13.1 Å². The molecule has 0 aliphatic carbocycles. The predicted molar refractivity (Wildman–Crippen MR) is 71.5 cm³/mol. The molecule has 0 spiro atoms. The second kappa shape index (κ2) is 5.65. The monoisotopic (exact) mass is 270 g/mol. The molecule has 19 heavy (non-hydrogen) atoms. The van der Waals surface area contributed by atoms with Crippen LogP contribution in [0.15, 0.2) is 24.3 Å². The van der Waals surface area contributed by atoms with E-state index in [1.54, 1.807) is 12.1 Å².